The van der Waals surface area contributed by atoms with Crippen LogP contribution in [-0.4, -0.2) is 28.4 Å². The molecule has 0 aromatic heterocycles. The van der Waals surface area contributed by atoms with E-state index in [1.807, 2.05) is 6.92 Å². The Hall–Kier alpha value is -1.13. The summed E-state index contributed by atoms with van der Waals surface area (Å²) in [7, 11) is 0. The van der Waals surface area contributed by atoms with Crippen LogP contribution in [0.25, 0.3) is 0 Å². The molecule has 1 heterocycles. The number of nitrogens with zero attached hydrogens (tertiary/aromatic N) is 1. The Morgan fingerprint density at radius 1 is 1.38 bits per heavy atom. The number of benzene rings is 1. The van der Waals surface area contributed by atoms with E-state index in [0.717, 1.165) is 3.57 Å². The van der Waals surface area contributed by atoms with Gasteiger partial charge in [-0.2, -0.15) is 0 Å². The molecule has 0 aliphatic carbocycles. The summed E-state index contributed by atoms with van der Waals surface area (Å²) in [6.45, 7) is 3.30. The van der Waals surface area contributed by atoms with Crippen LogP contribution in [0.5, 0.6) is 0 Å². The van der Waals surface area contributed by atoms with Gasteiger partial charge in [0, 0.05) is 10.5 Å². The molecule has 2 atom stereocenters. The molecule has 1 aromatic rings. The Balaban J connectivity index is 2.19. The van der Waals surface area contributed by atoms with Gasteiger partial charge in [-0.05, 0) is 47.7 Å². The average Bonchev–Trinajstić information content (AvgIpc) is 2.67. The van der Waals surface area contributed by atoms with Crippen molar-refractivity contribution in [2.45, 2.75) is 25.3 Å². The van der Waals surface area contributed by atoms with Crippen LogP contribution in [0.2, 0.25) is 0 Å². The number of amidine groups is 1. The molecule has 0 saturated heterocycles. The fourth-order valence-corrected chi connectivity index (χ4v) is 3.14. The molecule has 112 valence electrons. The van der Waals surface area contributed by atoms with Crippen LogP contribution >= 0.6 is 34.4 Å². The standard InChI is InChI=1S/C13H15IN4O2S/c1-6-11(15)21-13(16-6)18-12(20)9-4-3-8(14)5-10(9)17-7(2)19/h3-6,11H,15H2,1-2H3,(H,17,19)(H,16,18,20). The summed E-state index contributed by atoms with van der Waals surface area (Å²) >= 11 is 3.45. The molecule has 1 aliphatic rings. The Morgan fingerprint density at radius 3 is 2.67 bits per heavy atom. The van der Waals surface area contributed by atoms with E-state index in [-0.39, 0.29) is 23.2 Å². The second kappa shape index (κ2) is 6.75. The van der Waals surface area contributed by atoms with Gasteiger partial charge in [-0.3, -0.25) is 14.6 Å². The maximum Gasteiger partial charge on any atom is 0.259 e. The van der Waals surface area contributed by atoms with E-state index in [1.165, 1.54) is 18.7 Å². The smallest absolute Gasteiger partial charge is 0.259 e. The minimum Gasteiger partial charge on any atom is -0.326 e. The lowest BCUT2D eigenvalue weighted by Crippen LogP contribution is -2.29. The first-order valence-corrected chi connectivity index (χ1v) is 8.21. The van der Waals surface area contributed by atoms with Crippen molar-refractivity contribution in [1.29, 1.82) is 0 Å². The van der Waals surface area contributed by atoms with E-state index in [2.05, 4.69) is 38.2 Å². The second-order valence-corrected chi connectivity index (χ2v) is 6.99. The third kappa shape index (κ3) is 4.17. The van der Waals surface area contributed by atoms with Crippen LogP contribution in [-0.2, 0) is 4.79 Å². The SMILES string of the molecule is CC(=O)Nc1cc(I)ccc1C(=O)NC1=NC(C)C(N)S1. The second-order valence-electron chi connectivity index (χ2n) is 4.58. The number of halogens is 1. The number of nitrogens with two attached hydrogens (primary N) is 1. The minimum absolute atomic E-state index is 0.0307. The molecule has 1 aromatic carbocycles. The molecule has 8 heteroatoms. The van der Waals surface area contributed by atoms with E-state index in [0.29, 0.717) is 16.4 Å². The number of hydrogen-bond donors (Lipinski definition) is 3. The number of nitrogens with one attached hydrogen (secondary N) is 2. The van der Waals surface area contributed by atoms with Crippen LogP contribution in [0, 0.1) is 3.57 Å². The maximum atomic E-state index is 12.3. The van der Waals surface area contributed by atoms with Gasteiger partial charge in [0.15, 0.2) is 5.17 Å². The summed E-state index contributed by atoms with van der Waals surface area (Å²) in [5, 5.41) is 5.75. The molecule has 2 amide bonds. The molecule has 0 bridgehead atoms. The molecule has 6 nitrogen and oxygen atoms in total. The highest BCUT2D eigenvalue weighted by Gasteiger charge is 2.25. The van der Waals surface area contributed by atoms with Gasteiger partial charge in [-0.25, -0.2) is 0 Å². The predicted octanol–water partition coefficient (Wildman–Crippen LogP) is 1.76. The molecule has 21 heavy (non-hydrogen) atoms. The van der Waals surface area contributed by atoms with Crippen molar-refractivity contribution in [2.24, 2.45) is 10.7 Å². The van der Waals surface area contributed by atoms with E-state index in [4.69, 9.17) is 5.73 Å². The highest BCUT2D eigenvalue weighted by molar-refractivity contribution is 14.1. The number of carbonyl (C=O) groups is 2. The van der Waals surface area contributed by atoms with Gasteiger partial charge >= 0.3 is 0 Å². The van der Waals surface area contributed by atoms with Gasteiger partial charge in [0.2, 0.25) is 5.91 Å². The van der Waals surface area contributed by atoms with E-state index in [1.54, 1.807) is 18.2 Å². The summed E-state index contributed by atoms with van der Waals surface area (Å²) in [4.78, 5) is 27.8. The summed E-state index contributed by atoms with van der Waals surface area (Å²) in [6, 6.07) is 5.19. The van der Waals surface area contributed by atoms with E-state index < -0.39 is 0 Å². The average molecular weight is 418 g/mol. The molecule has 0 saturated carbocycles. The van der Waals surface area contributed by atoms with Crippen molar-refractivity contribution in [3.05, 3.63) is 27.3 Å². The van der Waals surface area contributed by atoms with E-state index >= 15 is 0 Å². The fraction of sp³-hybridized carbons (Fsp3) is 0.308. The first-order valence-electron chi connectivity index (χ1n) is 6.25. The third-order valence-corrected chi connectivity index (χ3v) is 4.57. The molecule has 0 radical (unpaired) electrons. The lowest BCUT2D eigenvalue weighted by atomic mass is 10.1. The first-order chi connectivity index (χ1) is 9.86. The minimum atomic E-state index is -0.317. The van der Waals surface area contributed by atoms with Crippen molar-refractivity contribution in [2.75, 3.05) is 5.32 Å². The van der Waals surface area contributed by atoms with E-state index in [9.17, 15) is 9.59 Å². The van der Waals surface area contributed by atoms with Crippen LogP contribution in [0.1, 0.15) is 24.2 Å². The summed E-state index contributed by atoms with van der Waals surface area (Å²) in [5.74, 6) is -0.544. The zero-order valence-corrected chi connectivity index (χ0v) is 14.5. The number of carbonyl (C=O) groups excluding carboxylic acids is 2. The lowest BCUT2D eigenvalue weighted by Gasteiger charge is -2.11. The van der Waals surface area contributed by atoms with Gasteiger partial charge in [-0.15, -0.1) is 0 Å². The largest absolute Gasteiger partial charge is 0.326 e. The topological polar surface area (TPSA) is 96.6 Å². The molecule has 1 aliphatic heterocycles. The molecule has 2 unspecified atom stereocenters. The number of rotatable bonds is 2. The van der Waals surface area contributed by atoms with Crippen LogP contribution < -0.4 is 16.4 Å². The number of anilines is 1. The number of amides is 2. The predicted molar refractivity (Wildman–Crippen MR) is 93.4 cm³/mol. The van der Waals surface area contributed by atoms with Crippen molar-refractivity contribution in [3.63, 3.8) is 0 Å². The Labute approximate surface area is 140 Å². The monoisotopic (exact) mass is 418 g/mol. The van der Waals surface area contributed by atoms with Crippen molar-refractivity contribution < 1.29 is 9.59 Å². The van der Waals surface area contributed by atoms with Crippen molar-refractivity contribution in [1.82, 2.24) is 5.32 Å². The van der Waals surface area contributed by atoms with Gasteiger partial charge in [-0.1, -0.05) is 11.8 Å². The number of aliphatic imine (C=N–C) groups is 1. The first kappa shape index (κ1) is 16.2. The number of hydrogen-bond acceptors (Lipinski definition) is 5. The quantitative estimate of drug-likeness (QED) is 0.638. The Kier molecular flexibility index (Phi) is 5.22. The highest BCUT2D eigenvalue weighted by atomic mass is 127. The Morgan fingerprint density at radius 2 is 2.10 bits per heavy atom. The lowest BCUT2D eigenvalue weighted by molar-refractivity contribution is -0.114. The molecular weight excluding hydrogens is 403 g/mol. The summed E-state index contributed by atoms with van der Waals surface area (Å²) < 4.78 is 0.927. The van der Waals surface area contributed by atoms with Gasteiger partial charge in [0.05, 0.1) is 22.7 Å². The normalized spacial score (nSPS) is 20.9. The molecule has 4 N–H and O–H groups in total. The third-order valence-electron chi connectivity index (χ3n) is 2.80. The summed E-state index contributed by atoms with van der Waals surface area (Å²) in [5.41, 5.74) is 6.71. The van der Waals surface area contributed by atoms with Crippen LogP contribution in [0.4, 0.5) is 5.69 Å². The molecule has 0 spiro atoms. The maximum absolute atomic E-state index is 12.3. The number of thioether (sulfide) groups is 1. The van der Waals surface area contributed by atoms with Gasteiger partial charge in [0.1, 0.15) is 0 Å². The molecule has 0 fully saturated rings. The van der Waals surface area contributed by atoms with Gasteiger partial charge in [0.25, 0.3) is 5.91 Å². The summed E-state index contributed by atoms with van der Waals surface area (Å²) in [6.07, 6.45) is 0. The van der Waals surface area contributed by atoms with Crippen molar-refractivity contribution >= 4 is 57.0 Å². The van der Waals surface area contributed by atoms with Crippen molar-refractivity contribution in [3.8, 4) is 0 Å². The molecular formula is C13H15IN4O2S. The van der Waals surface area contributed by atoms with Crippen LogP contribution in [0.15, 0.2) is 23.2 Å². The fourth-order valence-electron chi connectivity index (χ4n) is 1.75. The van der Waals surface area contributed by atoms with Gasteiger partial charge < -0.3 is 16.4 Å². The van der Waals surface area contributed by atoms with Crippen LogP contribution in [0.3, 0.4) is 0 Å². The zero-order valence-electron chi connectivity index (χ0n) is 11.5. The highest BCUT2D eigenvalue weighted by Crippen LogP contribution is 2.23. The Bertz CT molecular complexity index is 620. The molecule has 2 rings (SSSR count). The zero-order chi connectivity index (χ0) is 15.6.